The maximum atomic E-state index is 13.7. The van der Waals surface area contributed by atoms with Crippen LogP contribution in [0.1, 0.15) is 50.8 Å². The number of amides is 4. The van der Waals surface area contributed by atoms with Gasteiger partial charge in [-0.05, 0) is 24.0 Å². The highest BCUT2D eigenvalue weighted by Crippen LogP contribution is 2.16. The van der Waals surface area contributed by atoms with Gasteiger partial charge in [0.1, 0.15) is 24.7 Å². The van der Waals surface area contributed by atoms with Crippen molar-refractivity contribution in [2.45, 2.75) is 64.4 Å². The molecular formula is C33H42N4O11S. The molecule has 0 radical (unpaired) electrons. The molecule has 0 aliphatic heterocycles. The zero-order valence-corrected chi connectivity index (χ0v) is 28.4. The molecule has 4 amide bonds. The van der Waals surface area contributed by atoms with Crippen molar-refractivity contribution in [3.05, 3.63) is 83.3 Å². The lowest BCUT2D eigenvalue weighted by Gasteiger charge is -2.27. The minimum absolute atomic E-state index is 0.0598. The van der Waals surface area contributed by atoms with Gasteiger partial charge in [-0.1, -0.05) is 80.6 Å². The average Bonchev–Trinajstić information content (AvgIpc) is 3.03. The Bertz CT molecular complexity index is 1580. The molecule has 15 nitrogen and oxygen atoms in total. The number of hydrogen-bond acceptors (Lipinski definition) is 10. The molecule has 0 fully saturated rings. The molecule has 0 aromatic heterocycles. The number of aliphatic carboxylic acids is 1. The van der Waals surface area contributed by atoms with Crippen molar-refractivity contribution in [3.63, 3.8) is 0 Å². The summed E-state index contributed by atoms with van der Waals surface area (Å²) in [7, 11) is -3.62. The number of carboxylic acid groups (broad SMARTS) is 1. The molecule has 0 aliphatic rings. The van der Waals surface area contributed by atoms with Crippen LogP contribution in [0.3, 0.4) is 0 Å². The topological polar surface area (TPSA) is 223 Å². The van der Waals surface area contributed by atoms with Crippen molar-refractivity contribution in [2.75, 3.05) is 12.9 Å². The predicted molar refractivity (Wildman–Crippen MR) is 177 cm³/mol. The van der Waals surface area contributed by atoms with Crippen LogP contribution in [-0.4, -0.2) is 80.3 Å². The van der Waals surface area contributed by atoms with Crippen molar-refractivity contribution in [2.24, 2.45) is 5.92 Å². The minimum atomic E-state index is -3.62. The van der Waals surface area contributed by atoms with E-state index in [4.69, 9.17) is 9.47 Å². The largest absolute Gasteiger partial charge is 0.481 e. The quantitative estimate of drug-likeness (QED) is 0.141. The van der Waals surface area contributed by atoms with Gasteiger partial charge in [0.05, 0.1) is 25.5 Å². The van der Waals surface area contributed by atoms with Gasteiger partial charge in [0.25, 0.3) is 0 Å². The number of alkyl carbamates (subject to hydrolysis) is 1. The second kappa shape index (κ2) is 19.5. The summed E-state index contributed by atoms with van der Waals surface area (Å²) in [5.41, 5.74) is 0.924. The van der Waals surface area contributed by atoms with Crippen molar-refractivity contribution in [1.29, 1.82) is 0 Å². The van der Waals surface area contributed by atoms with Crippen LogP contribution in [-0.2, 0) is 49.9 Å². The monoisotopic (exact) mass is 702 g/mol. The molecule has 2 aromatic rings. The van der Waals surface area contributed by atoms with Crippen LogP contribution in [0.2, 0.25) is 0 Å². The highest BCUT2D eigenvalue weighted by molar-refractivity contribution is 7.93. The third-order valence-corrected chi connectivity index (χ3v) is 7.36. The Morgan fingerprint density at radius 2 is 1.41 bits per heavy atom. The van der Waals surface area contributed by atoms with Crippen LogP contribution in [0.15, 0.2) is 72.1 Å². The van der Waals surface area contributed by atoms with Gasteiger partial charge in [0.2, 0.25) is 17.7 Å². The molecule has 49 heavy (non-hydrogen) atoms. The number of carboxylic acids is 1. The van der Waals surface area contributed by atoms with Gasteiger partial charge in [0.15, 0.2) is 9.84 Å². The molecule has 0 saturated heterocycles. The fraction of sp³-hybridized carbons (Fsp3) is 0.394. The molecular weight excluding hydrogens is 660 g/mol. The highest BCUT2D eigenvalue weighted by atomic mass is 32.2. The standard InChI is InChI=1S/C33H42N4O11S/c1-5-47-27(40)18-24(16-17-49(4,45)46)34-31(42)28(21(2)3)36-32(43)29(23-14-10-7-11-15-23)37-30(41)25(19-26(38)39)35-33(44)48-20-22-12-8-6-9-13-22/h6-17,21,24-25,28-29H,5,18-20H2,1-4H3,(H,34,42)(H,35,44)(H,36,43)(H,37,41)(H,38,39)/b17-16+/t24-,25+,28+,29+/m1/s1. The summed E-state index contributed by atoms with van der Waals surface area (Å²) in [6, 6.07) is 11.1. The molecule has 4 atom stereocenters. The maximum absolute atomic E-state index is 13.7. The first kappa shape index (κ1) is 39.9. The van der Waals surface area contributed by atoms with E-state index in [0.717, 1.165) is 17.7 Å². The normalized spacial score (nSPS) is 13.7. The van der Waals surface area contributed by atoms with E-state index in [1.54, 1.807) is 69.3 Å². The highest BCUT2D eigenvalue weighted by Gasteiger charge is 2.33. The van der Waals surface area contributed by atoms with Crippen LogP contribution < -0.4 is 21.3 Å². The third-order valence-electron chi connectivity index (χ3n) is 6.71. The van der Waals surface area contributed by atoms with Crippen LogP contribution in [0.4, 0.5) is 4.79 Å². The first-order valence-corrected chi connectivity index (χ1v) is 17.2. The second-order valence-corrected chi connectivity index (χ2v) is 13.2. The summed E-state index contributed by atoms with van der Waals surface area (Å²) in [5.74, 6) is -5.30. The van der Waals surface area contributed by atoms with Gasteiger partial charge >= 0.3 is 18.0 Å². The van der Waals surface area contributed by atoms with Gasteiger partial charge in [-0.25, -0.2) is 13.2 Å². The Morgan fingerprint density at radius 1 is 0.796 bits per heavy atom. The van der Waals surface area contributed by atoms with E-state index in [0.29, 0.717) is 5.56 Å². The molecule has 0 spiro atoms. The van der Waals surface area contributed by atoms with E-state index in [9.17, 15) is 42.3 Å². The van der Waals surface area contributed by atoms with Crippen molar-refractivity contribution >= 4 is 45.6 Å². The fourth-order valence-corrected chi connectivity index (χ4v) is 4.80. The molecule has 266 valence electrons. The number of esters is 1. The van der Waals surface area contributed by atoms with E-state index in [1.165, 1.54) is 12.1 Å². The van der Waals surface area contributed by atoms with Crippen LogP contribution in [0.25, 0.3) is 0 Å². The maximum Gasteiger partial charge on any atom is 0.408 e. The smallest absolute Gasteiger partial charge is 0.408 e. The Hall–Kier alpha value is -5.25. The molecule has 0 unspecified atom stereocenters. The summed E-state index contributed by atoms with van der Waals surface area (Å²) in [6.07, 6.45) is -0.235. The Kier molecular flexibility index (Phi) is 15.9. The van der Waals surface area contributed by atoms with E-state index >= 15 is 0 Å². The summed E-state index contributed by atoms with van der Waals surface area (Å²) >= 11 is 0. The van der Waals surface area contributed by atoms with Gasteiger partial charge in [-0.3, -0.25) is 24.0 Å². The molecule has 2 rings (SSSR count). The number of benzene rings is 2. The predicted octanol–water partition coefficient (Wildman–Crippen LogP) is 1.75. The van der Waals surface area contributed by atoms with E-state index in [2.05, 4.69) is 21.3 Å². The molecule has 16 heteroatoms. The summed E-state index contributed by atoms with van der Waals surface area (Å²) in [4.78, 5) is 76.8. The van der Waals surface area contributed by atoms with Crippen molar-refractivity contribution in [1.82, 2.24) is 21.3 Å². The van der Waals surface area contributed by atoms with Crippen LogP contribution in [0.5, 0.6) is 0 Å². The number of rotatable bonds is 18. The van der Waals surface area contributed by atoms with Crippen LogP contribution >= 0.6 is 0 Å². The summed E-state index contributed by atoms with van der Waals surface area (Å²) in [5, 5.41) is 20.1. The summed E-state index contributed by atoms with van der Waals surface area (Å²) < 4.78 is 33.5. The zero-order valence-electron chi connectivity index (χ0n) is 27.6. The van der Waals surface area contributed by atoms with Crippen LogP contribution in [0, 0.1) is 5.92 Å². The SMILES string of the molecule is CCOC(=O)C[C@@H](/C=C/S(C)(=O)=O)NC(=O)[C@@H](NC(=O)[C@@H](NC(=O)[C@H](CC(=O)O)NC(=O)OCc1ccccc1)c1ccccc1)C(C)C. The second-order valence-electron chi connectivity index (χ2n) is 11.2. The first-order chi connectivity index (χ1) is 23.1. The third kappa shape index (κ3) is 15.0. The van der Waals surface area contributed by atoms with Gasteiger partial charge in [-0.2, -0.15) is 0 Å². The minimum Gasteiger partial charge on any atom is -0.481 e. The molecule has 0 aliphatic carbocycles. The lowest BCUT2D eigenvalue weighted by Crippen LogP contribution is -2.56. The fourth-order valence-electron chi connectivity index (χ4n) is 4.33. The summed E-state index contributed by atoms with van der Waals surface area (Å²) in [6.45, 7) is 4.75. The lowest BCUT2D eigenvalue weighted by atomic mass is 10.00. The number of sulfone groups is 1. The van der Waals surface area contributed by atoms with Gasteiger partial charge in [0, 0.05) is 11.7 Å². The number of hydrogen-bond donors (Lipinski definition) is 5. The number of ether oxygens (including phenoxy) is 2. The zero-order chi connectivity index (χ0) is 36.6. The Morgan fingerprint density at radius 3 is 1.96 bits per heavy atom. The number of nitrogens with one attached hydrogen (secondary N) is 4. The molecule has 0 bridgehead atoms. The van der Waals surface area contributed by atoms with Gasteiger partial charge in [-0.15, -0.1) is 0 Å². The van der Waals surface area contributed by atoms with Gasteiger partial charge < -0.3 is 35.8 Å². The Labute approximate surface area is 284 Å². The number of carbonyl (C=O) groups is 6. The Balaban J connectivity index is 2.28. The van der Waals surface area contributed by atoms with Crippen molar-refractivity contribution < 1.29 is 51.8 Å². The van der Waals surface area contributed by atoms with E-state index in [-0.39, 0.29) is 18.8 Å². The molecule has 0 saturated carbocycles. The molecule has 2 aromatic carbocycles. The van der Waals surface area contributed by atoms with E-state index in [1.807, 2.05) is 0 Å². The van der Waals surface area contributed by atoms with Crippen molar-refractivity contribution in [3.8, 4) is 0 Å². The first-order valence-electron chi connectivity index (χ1n) is 15.3. The molecule has 5 N–H and O–H groups in total. The molecule has 0 heterocycles. The number of carbonyl (C=O) groups excluding carboxylic acids is 5. The average molecular weight is 703 g/mol. The lowest BCUT2D eigenvalue weighted by molar-refractivity contribution is -0.143. The van der Waals surface area contributed by atoms with E-state index < -0.39 is 88.5 Å².